The fourth-order valence-electron chi connectivity index (χ4n) is 2.33. The van der Waals surface area contributed by atoms with Gasteiger partial charge in [0.05, 0.1) is 5.69 Å². The highest BCUT2D eigenvalue weighted by molar-refractivity contribution is 5.93. The predicted octanol–water partition coefficient (Wildman–Crippen LogP) is 1.85. The molecule has 0 spiro atoms. The number of benzene rings is 1. The normalized spacial score (nSPS) is 14.9. The Hall–Kier alpha value is -2.51. The average molecular weight is 340 g/mol. The van der Waals surface area contributed by atoms with Gasteiger partial charge in [-0.3, -0.25) is 14.4 Å². The molecule has 1 saturated heterocycles. The molecule has 130 valence electrons. The summed E-state index contributed by atoms with van der Waals surface area (Å²) in [6.45, 7) is -0.338. The van der Waals surface area contributed by atoms with Crippen LogP contribution in [0.1, 0.15) is 25.7 Å². The van der Waals surface area contributed by atoms with E-state index in [0.717, 1.165) is 31.4 Å². The molecule has 0 bridgehead atoms. The van der Waals surface area contributed by atoms with Crippen molar-refractivity contribution in [3.05, 3.63) is 29.8 Å². The molecule has 0 aromatic heterocycles. The lowest BCUT2D eigenvalue weighted by atomic mass is 10.2. The molecule has 6 nitrogen and oxygen atoms in total. The molecule has 0 atom stereocenters. The Bertz CT molecular complexity index is 637. The molecule has 0 aliphatic carbocycles. The van der Waals surface area contributed by atoms with E-state index in [0.29, 0.717) is 19.0 Å². The van der Waals surface area contributed by atoms with Crippen LogP contribution in [0.2, 0.25) is 0 Å². The van der Waals surface area contributed by atoms with Crippen molar-refractivity contribution in [2.24, 2.45) is 0 Å². The Kier molecular flexibility index (Phi) is 6.22. The van der Waals surface area contributed by atoms with Crippen molar-refractivity contribution in [1.29, 1.82) is 0 Å². The lowest BCUT2D eigenvalue weighted by molar-refractivity contribution is -0.151. The number of ether oxygens (including phenoxy) is 1. The van der Waals surface area contributed by atoms with Crippen molar-refractivity contribution < 1.29 is 27.9 Å². The van der Waals surface area contributed by atoms with E-state index < -0.39 is 30.1 Å². The number of esters is 1. The second-order valence-electron chi connectivity index (χ2n) is 5.46. The van der Waals surface area contributed by atoms with Crippen molar-refractivity contribution in [1.82, 2.24) is 4.90 Å². The molecule has 1 aliphatic rings. The van der Waals surface area contributed by atoms with Gasteiger partial charge >= 0.3 is 5.97 Å². The first-order valence-corrected chi connectivity index (χ1v) is 7.64. The monoisotopic (exact) mass is 340 g/mol. The number of rotatable bonds is 5. The van der Waals surface area contributed by atoms with E-state index in [-0.39, 0.29) is 18.1 Å². The molecule has 1 aromatic rings. The van der Waals surface area contributed by atoms with Gasteiger partial charge in [-0.25, -0.2) is 8.78 Å². The highest BCUT2D eigenvalue weighted by atomic mass is 19.1. The Labute approximate surface area is 137 Å². The maximum Gasteiger partial charge on any atom is 0.326 e. The molecule has 1 aliphatic heterocycles. The van der Waals surface area contributed by atoms with Gasteiger partial charge in [0.1, 0.15) is 18.2 Å². The highest BCUT2D eigenvalue weighted by Gasteiger charge is 2.20. The van der Waals surface area contributed by atoms with Crippen LogP contribution in [0.4, 0.5) is 14.5 Å². The van der Waals surface area contributed by atoms with Gasteiger partial charge < -0.3 is 15.0 Å². The molecule has 0 saturated carbocycles. The van der Waals surface area contributed by atoms with Crippen LogP contribution in [0.25, 0.3) is 0 Å². The Morgan fingerprint density at radius 2 is 2.00 bits per heavy atom. The quantitative estimate of drug-likeness (QED) is 0.830. The number of nitrogens with one attached hydrogen (secondary N) is 1. The zero-order valence-corrected chi connectivity index (χ0v) is 13.0. The van der Waals surface area contributed by atoms with Crippen LogP contribution in [0.5, 0.6) is 0 Å². The Morgan fingerprint density at radius 3 is 2.75 bits per heavy atom. The third-order valence-corrected chi connectivity index (χ3v) is 3.56. The van der Waals surface area contributed by atoms with Gasteiger partial charge in [-0.05, 0) is 25.0 Å². The zero-order valence-electron chi connectivity index (χ0n) is 13.0. The van der Waals surface area contributed by atoms with Crippen molar-refractivity contribution in [3.63, 3.8) is 0 Å². The standard InChI is InChI=1S/C16H18F2N2O4/c17-11-5-6-13(12(18)8-11)19-14(21)10-24-16(23)9-20-7-3-1-2-4-15(20)22/h5-6,8H,1-4,7,9-10H2,(H,19,21). The summed E-state index contributed by atoms with van der Waals surface area (Å²) in [4.78, 5) is 36.5. The van der Waals surface area contributed by atoms with Gasteiger partial charge in [-0.2, -0.15) is 0 Å². The first-order valence-electron chi connectivity index (χ1n) is 7.64. The summed E-state index contributed by atoms with van der Waals surface area (Å²) >= 11 is 0. The van der Waals surface area contributed by atoms with E-state index in [4.69, 9.17) is 4.74 Å². The lowest BCUT2D eigenvalue weighted by Crippen LogP contribution is -2.36. The molecular weight excluding hydrogens is 322 g/mol. The number of nitrogens with zero attached hydrogens (tertiary/aromatic N) is 1. The minimum atomic E-state index is -0.926. The SMILES string of the molecule is O=C(COC(=O)CN1CCCCCC1=O)Nc1ccc(F)cc1F. The second kappa shape index (κ2) is 8.37. The number of halogens is 2. The van der Waals surface area contributed by atoms with Crippen molar-refractivity contribution >= 4 is 23.5 Å². The molecule has 1 N–H and O–H groups in total. The number of carbonyl (C=O) groups is 3. The summed E-state index contributed by atoms with van der Waals surface area (Å²) in [5, 5.41) is 2.18. The van der Waals surface area contributed by atoms with Crippen LogP contribution in [-0.2, 0) is 19.1 Å². The lowest BCUT2D eigenvalue weighted by Gasteiger charge is -2.19. The summed E-state index contributed by atoms with van der Waals surface area (Å²) in [6.07, 6.45) is 2.96. The third-order valence-electron chi connectivity index (χ3n) is 3.56. The first kappa shape index (κ1) is 17.8. The summed E-state index contributed by atoms with van der Waals surface area (Å²) in [7, 11) is 0. The molecule has 1 fully saturated rings. The number of carbonyl (C=O) groups excluding carboxylic acids is 3. The van der Waals surface area contributed by atoms with Gasteiger partial charge in [0.15, 0.2) is 6.61 Å². The minimum absolute atomic E-state index is 0.109. The Balaban J connectivity index is 1.78. The summed E-state index contributed by atoms with van der Waals surface area (Å²) in [6, 6.07) is 2.70. The maximum atomic E-state index is 13.4. The predicted molar refractivity (Wildman–Crippen MR) is 81.0 cm³/mol. The molecule has 2 amide bonds. The fraction of sp³-hybridized carbons (Fsp3) is 0.438. The molecule has 2 rings (SSSR count). The number of amides is 2. The van der Waals surface area contributed by atoms with E-state index in [1.54, 1.807) is 0 Å². The number of hydrogen-bond acceptors (Lipinski definition) is 4. The highest BCUT2D eigenvalue weighted by Crippen LogP contribution is 2.15. The van der Waals surface area contributed by atoms with E-state index in [1.807, 2.05) is 0 Å². The molecule has 24 heavy (non-hydrogen) atoms. The summed E-state index contributed by atoms with van der Waals surface area (Å²) in [5.74, 6) is -3.26. The minimum Gasteiger partial charge on any atom is -0.454 e. The average Bonchev–Trinajstić information content (AvgIpc) is 2.73. The maximum absolute atomic E-state index is 13.4. The molecular formula is C16H18F2N2O4. The fourth-order valence-corrected chi connectivity index (χ4v) is 2.33. The first-order chi connectivity index (χ1) is 11.5. The number of likely N-dealkylation sites (tertiary alicyclic amines) is 1. The zero-order chi connectivity index (χ0) is 17.5. The largest absolute Gasteiger partial charge is 0.454 e. The summed E-state index contributed by atoms with van der Waals surface area (Å²) < 4.78 is 31.0. The van der Waals surface area contributed by atoms with Crippen LogP contribution in [0, 0.1) is 11.6 Å². The number of hydrogen-bond donors (Lipinski definition) is 1. The van der Waals surface area contributed by atoms with Crippen molar-refractivity contribution in [2.75, 3.05) is 25.0 Å². The van der Waals surface area contributed by atoms with Gasteiger partial charge in [0.2, 0.25) is 5.91 Å². The van der Waals surface area contributed by atoms with E-state index in [1.165, 1.54) is 4.90 Å². The molecule has 8 heteroatoms. The van der Waals surface area contributed by atoms with Gasteiger partial charge in [-0.15, -0.1) is 0 Å². The van der Waals surface area contributed by atoms with Crippen LogP contribution in [0.3, 0.4) is 0 Å². The van der Waals surface area contributed by atoms with Crippen LogP contribution >= 0.6 is 0 Å². The smallest absolute Gasteiger partial charge is 0.326 e. The van der Waals surface area contributed by atoms with Gasteiger partial charge in [0, 0.05) is 19.0 Å². The second-order valence-corrected chi connectivity index (χ2v) is 5.46. The van der Waals surface area contributed by atoms with Crippen molar-refractivity contribution in [2.45, 2.75) is 25.7 Å². The van der Waals surface area contributed by atoms with E-state index in [2.05, 4.69) is 5.32 Å². The summed E-state index contributed by atoms with van der Waals surface area (Å²) in [5.41, 5.74) is -0.208. The van der Waals surface area contributed by atoms with E-state index >= 15 is 0 Å². The molecule has 1 aromatic carbocycles. The van der Waals surface area contributed by atoms with Gasteiger partial charge in [-0.1, -0.05) is 6.42 Å². The number of anilines is 1. The van der Waals surface area contributed by atoms with Crippen LogP contribution < -0.4 is 5.32 Å². The van der Waals surface area contributed by atoms with E-state index in [9.17, 15) is 23.2 Å². The molecule has 0 radical (unpaired) electrons. The van der Waals surface area contributed by atoms with Gasteiger partial charge in [0.25, 0.3) is 5.91 Å². The molecule has 0 unspecified atom stereocenters. The van der Waals surface area contributed by atoms with Crippen molar-refractivity contribution in [3.8, 4) is 0 Å². The Morgan fingerprint density at radius 1 is 1.21 bits per heavy atom. The topological polar surface area (TPSA) is 75.7 Å². The third kappa shape index (κ3) is 5.29. The van der Waals surface area contributed by atoms with Crippen LogP contribution in [-0.4, -0.2) is 42.4 Å². The van der Waals surface area contributed by atoms with Crippen LogP contribution in [0.15, 0.2) is 18.2 Å². The molecule has 1 heterocycles.